The average Bonchev–Trinajstić information content (AvgIpc) is 2.29. The van der Waals surface area contributed by atoms with E-state index in [2.05, 4.69) is 10.3 Å². The van der Waals surface area contributed by atoms with Crippen molar-refractivity contribution in [3.8, 4) is 0 Å². The lowest BCUT2D eigenvalue weighted by atomic mass is 10.3. The van der Waals surface area contributed by atoms with E-state index in [4.69, 9.17) is 4.74 Å². The maximum atomic E-state index is 11.3. The maximum absolute atomic E-state index is 11.3. The SMILES string of the molecule is CCOC(=O)[C@H](C)Nc1ncccc1[N+](=O)[O-]. The quantitative estimate of drug-likeness (QED) is 0.473. The van der Waals surface area contributed by atoms with Gasteiger partial charge in [0.1, 0.15) is 6.04 Å². The molecule has 17 heavy (non-hydrogen) atoms. The predicted molar refractivity (Wildman–Crippen MR) is 60.6 cm³/mol. The molecule has 7 heteroatoms. The number of nitro groups is 1. The van der Waals surface area contributed by atoms with Crippen molar-refractivity contribution in [1.82, 2.24) is 4.98 Å². The minimum atomic E-state index is -0.691. The number of aromatic nitrogens is 1. The molecular weight excluding hydrogens is 226 g/mol. The van der Waals surface area contributed by atoms with Crippen molar-refractivity contribution < 1.29 is 14.5 Å². The summed E-state index contributed by atoms with van der Waals surface area (Å²) >= 11 is 0. The maximum Gasteiger partial charge on any atom is 0.328 e. The highest BCUT2D eigenvalue weighted by atomic mass is 16.6. The molecule has 7 nitrogen and oxygen atoms in total. The Labute approximate surface area is 98.0 Å². The van der Waals surface area contributed by atoms with Crippen molar-refractivity contribution in [3.63, 3.8) is 0 Å². The first kappa shape index (κ1) is 12.9. The van der Waals surface area contributed by atoms with Crippen molar-refractivity contribution in [3.05, 3.63) is 28.4 Å². The van der Waals surface area contributed by atoms with Gasteiger partial charge in [0, 0.05) is 12.3 Å². The number of hydrogen-bond acceptors (Lipinski definition) is 6. The van der Waals surface area contributed by atoms with Gasteiger partial charge in [-0.2, -0.15) is 0 Å². The van der Waals surface area contributed by atoms with Crippen LogP contribution in [-0.2, 0) is 9.53 Å². The zero-order valence-corrected chi connectivity index (χ0v) is 9.54. The Balaban J connectivity index is 2.81. The molecule has 0 radical (unpaired) electrons. The molecule has 0 aliphatic carbocycles. The van der Waals surface area contributed by atoms with E-state index in [0.717, 1.165) is 0 Å². The highest BCUT2D eigenvalue weighted by Gasteiger charge is 2.20. The molecule has 0 saturated carbocycles. The minimum Gasteiger partial charge on any atom is -0.464 e. The Kier molecular flexibility index (Phi) is 4.38. The third kappa shape index (κ3) is 3.40. The van der Waals surface area contributed by atoms with Crippen molar-refractivity contribution in [1.29, 1.82) is 0 Å². The van der Waals surface area contributed by atoms with Crippen molar-refractivity contribution >= 4 is 17.5 Å². The molecule has 0 bridgehead atoms. The van der Waals surface area contributed by atoms with Gasteiger partial charge < -0.3 is 10.1 Å². The molecule has 1 N–H and O–H groups in total. The van der Waals surface area contributed by atoms with Gasteiger partial charge in [-0.3, -0.25) is 10.1 Å². The van der Waals surface area contributed by atoms with Gasteiger partial charge >= 0.3 is 11.7 Å². The Morgan fingerprint density at radius 2 is 2.41 bits per heavy atom. The molecule has 1 heterocycles. The van der Waals surface area contributed by atoms with E-state index >= 15 is 0 Å². The molecule has 0 spiro atoms. The van der Waals surface area contributed by atoms with Crippen LogP contribution in [0.4, 0.5) is 11.5 Å². The van der Waals surface area contributed by atoms with Crippen LogP contribution in [-0.4, -0.2) is 28.5 Å². The standard InChI is InChI=1S/C10H13N3O4/c1-3-17-10(14)7(2)12-9-8(13(15)16)5-4-6-11-9/h4-7H,3H2,1-2H3,(H,11,12)/t7-/m0/s1. The Morgan fingerprint density at radius 3 is 3.00 bits per heavy atom. The number of carbonyl (C=O) groups is 1. The van der Waals surface area contributed by atoms with E-state index in [1.165, 1.54) is 18.3 Å². The monoisotopic (exact) mass is 239 g/mol. The van der Waals surface area contributed by atoms with E-state index in [0.29, 0.717) is 0 Å². The summed E-state index contributed by atoms with van der Waals surface area (Å²) in [7, 11) is 0. The van der Waals surface area contributed by atoms with Crippen molar-refractivity contribution in [2.75, 3.05) is 11.9 Å². The van der Waals surface area contributed by atoms with E-state index in [1.807, 2.05) is 0 Å². The van der Waals surface area contributed by atoms with E-state index in [-0.39, 0.29) is 18.1 Å². The summed E-state index contributed by atoms with van der Waals surface area (Å²) < 4.78 is 4.78. The van der Waals surface area contributed by atoms with Gasteiger partial charge in [-0.15, -0.1) is 0 Å². The third-order valence-electron chi connectivity index (χ3n) is 1.98. The molecule has 1 atom stereocenters. The molecule has 0 aliphatic heterocycles. The number of ether oxygens (including phenoxy) is 1. The summed E-state index contributed by atoms with van der Waals surface area (Å²) in [6.07, 6.45) is 1.41. The highest BCUT2D eigenvalue weighted by Crippen LogP contribution is 2.20. The van der Waals surface area contributed by atoms with Gasteiger partial charge in [-0.1, -0.05) is 0 Å². The number of hydrogen-bond donors (Lipinski definition) is 1. The fourth-order valence-electron chi connectivity index (χ4n) is 1.19. The van der Waals surface area contributed by atoms with Gasteiger partial charge in [0.15, 0.2) is 0 Å². The normalized spacial score (nSPS) is 11.6. The lowest BCUT2D eigenvalue weighted by Gasteiger charge is -2.12. The summed E-state index contributed by atoms with van der Waals surface area (Å²) in [4.78, 5) is 25.3. The summed E-state index contributed by atoms with van der Waals surface area (Å²) in [5.41, 5.74) is -0.177. The predicted octanol–water partition coefficient (Wildman–Crippen LogP) is 1.35. The summed E-state index contributed by atoms with van der Waals surface area (Å²) in [5, 5.41) is 13.4. The molecular formula is C10H13N3O4. The molecule has 0 aromatic carbocycles. The lowest BCUT2D eigenvalue weighted by molar-refractivity contribution is -0.384. The van der Waals surface area contributed by atoms with Crippen LogP contribution >= 0.6 is 0 Å². The zero-order chi connectivity index (χ0) is 12.8. The van der Waals surface area contributed by atoms with Crippen LogP contribution in [0.3, 0.4) is 0 Å². The van der Waals surface area contributed by atoms with E-state index in [1.54, 1.807) is 13.8 Å². The first-order valence-corrected chi connectivity index (χ1v) is 5.08. The molecule has 0 unspecified atom stereocenters. The van der Waals surface area contributed by atoms with Crippen LogP contribution in [0.5, 0.6) is 0 Å². The second-order valence-electron chi connectivity index (χ2n) is 3.25. The Hall–Kier alpha value is -2.18. The highest BCUT2D eigenvalue weighted by molar-refractivity contribution is 5.79. The number of nitrogens with zero attached hydrogens (tertiary/aromatic N) is 2. The van der Waals surface area contributed by atoms with Crippen molar-refractivity contribution in [2.45, 2.75) is 19.9 Å². The Bertz CT molecular complexity index is 422. The number of nitrogens with one attached hydrogen (secondary N) is 1. The van der Waals surface area contributed by atoms with Crippen LogP contribution in [0.25, 0.3) is 0 Å². The van der Waals surface area contributed by atoms with E-state index in [9.17, 15) is 14.9 Å². The van der Waals surface area contributed by atoms with Crippen LogP contribution in [0.1, 0.15) is 13.8 Å². The number of esters is 1. The first-order chi connectivity index (χ1) is 8.06. The van der Waals surface area contributed by atoms with Crippen LogP contribution in [0.2, 0.25) is 0 Å². The largest absolute Gasteiger partial charge is 0.464 e. The zero-order valence-electron chi connectivity index (χ0n) is 9.54. The van der Waals surface area contributed by atoms with Gasteiger partial charge in [-0.25, -0.2) is 9.78 Å². The molecule has 0 amide bonds. The smallest absolute Gasteiger partial charge is 0.328 e. The van der Waals surface area contributed by atoms with Crippen molar-refractivity contribution in [2.24, 2.45) is 0 Å². The number of carbonyl (C=O) groups excluding carboxylic acids is 1. The number of anilines is 1. The molecule has 1 rings (SSSR count). The minimum absolute atomic E-state index is 0.0538. The topological polar surface area (TPSA) is 94.4 Å². The third-order valence-corrected chi connectivity index (χ3v) is 1.98. The molecule has 0 aliphatic rings. The summed E-state index contributed by atoms with van der Waals surface area (Å²) in [5.74, 6) is -0.425. The molecule has 1 aromatic rings. The van der Waals surface area contributed by atoms with Crippen LogP contribution < -0.4 is 5.32 Å². The van der Waals surface area contributed by atoms with Gasteiger partial charge in [-0.05, 0) is 19.9 Å². The average molecular weight is 239 g/mol. The number of pyridine rings is 1. The van der Waals surface area contributed by atoms with Gasteiger partial charge in [0.2, 0.25) is 5.82 Å². The summed E-state index contributed by atoms with van der Waals surface area (Å²) in [6.45, 7) is 3.50. The molecule has 0 fully saturated rings. The number of rotatable bonds is 5. The second-order valence-corrected chi connectivity index (χ2v) is 3.25. The first-order valence-electron chi connectivity index (χ1n) is 5.08. The fraction of sp³-hybridized carbons (Fsp3) is 0.400. The fourth-order valence-corrected chi connectivity index (χ4v) is 1.19. The Morgan fingerprint density at radius 1 is 1.71 bits per heavy atom. The molecule has 1 aromatic heterocycles. The lowest BCUT2D eigenvalue weighted by Crippen LogP contribution is -2.28. The summed E-state index contributed by atoms with van der Waals surface area (Å²) in [6, 6.07) is 2.08. The van der Waals surface area contributed by atoms with Gasteiger partial charge in [0.05, 0.1) is 11.5 Å². The van der Waals surface area contributed by atoms with Crippen LogP contribution in [0, 0.1) is 10.1 Å². The molecule has 92 valence electrons. The molecule has 0 saturated heterocycles. The second kappa shape index (κ2) is 5.78. The van der Waals surface area contributed by atoms with Gasteiger partial charge in [0.25, 0.3) is 0 Å². The van der Waals surface area contributed by atoms with E-state index < -0.39 is 16.9 Å². The van der Waals surface area contributed by atoms with Crippen LogP contribution in [0.15, 0.2) is 18.3 Å².